The second kappa shape index (κ2) is 9.65. The van der Waals surface area contributed by atoms with Gasteiger partial charge in [-0.25, -0.2) is 8.78 Å². The molecule has 152 valence electrons. The molecule has 0 aliphatic rings. The molecule has 0 atom stereocenters. The van der Waals surface area contributed by atoms with Gasteiger partial charge >= 0.3 is 0 Å². The maximum absolute atomic E-state index is 14.4. The van der Waals surface area contributed by atoms with Crippen LogP contribution in [-0.4, -0.2) is 32.5 Å². The summed E-state index contributed by atoms with van der Waals surface area (Å²) in [6, 6.07) is 12.1. The van der Waals surface area contributed by atoms with Crippen molar-refractivity contribution in [3.8, 4) is 17.1 Å². The number of amides is 1. The van der Waals surface area contributed by atoms with E-state index in [1.807, 2.05) is 13.8 Å². The Morgan fingerprint density at radius 1 is 1.07 bits per heavy atom. The lowest BCUT2D eigenvalue weighted by Gasteiger charge is -2.14. The Bertz CT molecular complexity index is 971. The van der Waals surface area contributed by atoms with Gasteiger partial charge in [-0.05, 0) is 49.2 Å². The summed E-state index contributed by atoms with van der Waals surface area (Å²) in [5, 5.41) is 11.7. The molecular weight excluding hydrogens is 394 g/mol. The van der Waals surface area contributed by atoms with Crippen molar-refractivity contribution in [1.82, 2.24) is 20.1 Å². The monoisotopic (exact) mass is 416 g/mol. The van der Waals surface area contributed by atoms with E-state index in [9.17, 15) is 13.6 Å². The predicted octanol–water partition coefficient (Wildman–Crippen LogP) is 4.61. The molecule has 5 nitrogen and oxygen atoms in total. The number of nitrogens with one attached hydrogen (secondary N) is 1. The van der Waals surface area contributed by atoms with E-state index in [0.29, 0.717) is 10.8 Å². The average Bonchev–Trinajstić information content (AvgIpc) is 3.15. The van der Waals surface area contributed by atoms with Gasteiger partial charge in [0, 0.05) is 11.7 Å². The van der Waals surface area contributed by atoms with Gasteiger partial charge in [0.05, 0.1) is 11.3 Å². The maximum atomic E-state index is 14.4. The van der Waals surface area contributed by atoms with Gasteiger partial charge in [0.15, 0.2) is 11.0 Å². The number of rotatable bonds is 8. The zero-order chi connectivity index (χ0) is 20.8. The Morgan fingerprint density at radius 2 is 1.76 bits per heavy atom. The molecule has 8 heteroatoms. The molecule has 0 aliphatic heterocycles. The van der Waals surface area contributed by atoms with Gasteiger partial charge in [-0.2, -0.15) is 0 Å². The quantitative estimate of drug-likeness (QED) is 0.545. The Kier molecular flexibility index (Phi) is 6.98. The summed E-state index contributed by atoms with van der Waals surface area (Å²) in [5.74, 6) is -0.491. The SMILES string of the molecule is CCC(CC)NC(=O)CSc1nnc(-c2ccccc2F)n1-c1ccc(F)cc1. The number of aromatic nitrogens is 3. The minimum Gasteiger partial charge on any atom is -0.353 e. The third-order valence-corrected chi connectivity index (χ3v) is 5.44. The first-order chi connectivity index (χ1) is 14.0. The highest BCUT2D eigenvalue weighted by Gasteiger charge is 2.20. The zero-order valence-electron chi connectivity index (χ0n) is 16.2. The van der Waals surface area contributed by atoms with Crippen LogP contribution < -0.4 is 5.32 Å². The molecule has 29 heavy (non-hydrogen) atoms. The van der Waals surface area contributed by atoms with Gasteiger partial charge in [0.2, 0.25) is 5.91 Å². The smallest absolute Gasteiger partial charge is 0.230 e. The fraction of sp³-hybridized carbons (Fsp3) is 0.286. The molecule has 3 aromatic rings. The number of nitrogens with zero attached hydrogens (tertiary/aromatic N) is 3. The molecule has 3 rings (SSSR count). The summed E-state index contributed by atoms with van der Waals surface area (Å²) in [6.45, 7) is 4.04. The second-order valence-electron chi connectivity index (χ2n) is 6.47. The van der Waals surface area contributed by atoms with E-state index >= 15 is 0 Å². The van der Waals surface area contributed by atoms with Crippen LogP contribution in [-0.2, 0) is 4.79 Å². The molecule has 2 aromatic carbocycles. The van der Waals surface area contributed by atoms with Crippen molar-refractivity contribution in [2.75, 3.05) is 5.75 Å². The molecule has 1 amide bonds. The van der Waals surface area contributed by atoms with Gasteiger partial charge in [-0.3, -0.25) is 9.36 Å². The number of hydrogen-bond donors (Lipinski definition) is 1. The molecule has 0 unspecified atom stereocenters. The summed E-state index contributed by atoms with van der Waals surface area (Å²) >= 11 is 1.20. The molecule has 0 radical (unpaired) electrons. The number of hydrogen-bond acceptors (Lipinski definition) is 4. The van der Waals surface area contributed by atoms with Gasteiger partial charge in [0.1, 0.15) is 11.6 Å². The summed E-state index contributed by atoms with van der Waals surface area (Å²) in [7, 11) is 0. The lowest BCUT2D eigenvalue weighted by molar-refractivity contribution is -0.119. The first kappa shape index (κ1) is 21.0. The molecular formula is C21H22F2N4OS. The van der Waals surface area contributed by atoms with Crippen molar-refractivity contribution in [3.63, 3.8) is 0 Å². The molecule has 0 fully saturated rings. The van der Waals surface area contributed by atoms with Gasteiger partial charge < -0.3 is 5.32 Å². The molecule has 0 bridgehead atoms. The molecule has 0 spiro atoms. The largest absolute Gasteiger partial charge is 0.353 e. The number of halogens is 2. The first-order valence-corrected chi connectivity index (χ1v) is 10.4. The van der Waals surface area contributed by atoms with Crippen LogP contribution in [0.5, 0.6) is 0 Å². The molecule has 0 aliphatic carbocycles. The van der Waals surface area contributed by atoms with Crippen molar-refractivity contribution < 1.29 is 13.6 Å². The third-order valence-electron chi connectivity index (χ3n) is 4.52. The normalized spacial score (nSPS) is 11.1. The van der Waals surface area contributed by atoms with Crippen molar-refractivity contribution in [2.45, 2.75) is 37.9 Å². The van der Waals surface area contributed by atoms with Crippen LogP contribution >= 0.6 is 11.8 Å². The predicted molar refractivity (Wildman–Crippen MR) is 110 cm³/mol. The fourth-order valence-corrected chi connectivity index (χ4v) is 3.66. The fourth-order valence-electron chi connectivity index (χ4n) is 2.90. The summed E-state index contributed by atoms with van der Waals surface area (Å²) in [5.41, 5.74) is 0.857. The van der Waals surface area contributed by atoms with Crippen LogP contribution in [0, 0.1) is 11.6 Å². The Labute approximate surface area is 172 Å². The summed E-state index contributed by atoms with van der Waals surface area (Å²) in [4.78, 5) is 12.3. The zero-order valence-corrected chi connectivity index (χ0v) is 17.0. The first-order valence-electron chi connectivity index (χ1n) is 9.41. The Morgan fingerprint density at radius 3 is 2.41 bits per heavy atom. The third kappa shape index (κ3) is 5.00. The maximum Gasteiger partial charge on any atom is 0.230 e. The minimum atomic E-state index is -0.439. The van der Waals surface area contributed by atoms with Crippen molar-refractivity contribution in [3.05, 3.63) is 60.2 Å². The van der Waals surface area contributed by atoms with Gasteiger partial charge in [0.25, 0.3) is 0 Å². The second-order valence-corrected chi connectivity index (χ2v) is 7.41. The molecule has 1 heterocycles. The highest BCUT2D eigenvalue weighted by Crippen LogP contribution is 2.29. The van der Waals surface area contributed by atoms with Crippen LogP contribution in [0.2, 0.25) is 0 Å². The molecule has 0 saturated carbocycles. The van der Waals surface area contributed by atoms with Crippen LogP contribution in [0.4, 0.5) is 8.78 Å². The lowest BCUT2D eigenvalue weighted by Crippen LogP contribution is -2.35. The number of benzene rings is 2. The molecule has 1 aromatic heterocycles. The topological polar surface area (TPSA) is 59.8 Å². The standard InChI is InChI=1S/C21H22F2N4OS/c1-3-15(4-2)24-19(28)13-29-21-26-25-20(17-7-5-6-8-18(17)23)27(21)16-11-9-14(22)10-12-16/h5-12,15H,3-4,13H2,1-2H3,(H,24,28). The highest BCUT2D eigenvalue weighted by atomic mass is 32.2. The summed E-state index contributed by atoms with van der Waals surface area (Å²) in [6.07, 6.45) is 1.71. The Hall–Kier alpha value is -2.74. The van der Waals surface area contributed by atoms with Crippen molar-refractivity contribution in [2.24, 2.45) is 0 Å². The van der Waals surface area contributed by atoms with Gasteiger partial charge in [-0.1, -0.05) is 37.7 Å². The van der Waals surface area contributed by atoms with E-state index in [0.717, 1.165) is 12.8 Å². The van der Waals surface area contributed by atoms with E-state index in [1.54, 1.807) is 34.9 Å². The average molecular weight is 416 g/mol. The van der Waals surface area contributed by atoms with E-state index in [4.69, 9.17) is 0 Å². The van der Waals surface area contributed by atoms with Crippen LogP contribution in [0.15, 0.2) is 53.7 Å². The van der Waals surface area contributed by atoms with E-state index in [2.05, 4.69) is 15.5 Å². The van der Waals surface area contributed by atoms with E-state index in [1.165, 1.54) is 30.0 Å². The number of carbonyl (C=O) groups excluding carboxylic acids is 1. The lowest BCUT2D eigenvalue weighted by atomic mass is 10.2. The highest BCUT2D eigenvalue weighted by molar-refractivity contribution is 7.99. The number of carbonyl (C=O) groups is 1. The van der Waals surface area contributed by atoms with Gasteiger partial charge in [-0.15, -0.1) is 10.2 Å². The van der Waals surface area contributed by atoms with Crippen LogP contribution in [0.3, 0.4) is 0 Å². The van der Waals surface area contributed by atoms with E-state index in [-0.39, 0.29) is 34.9 Å². The van der Waals surface area contributed by atoms with Crippen LogP contribution in [0.25, 0.3) is 17.1 Å². The Balaban J connectivity index is 1.92. The minimum absolute atomic E-state index is 0.107. The summed E-state index contributed by atoms with van der Waals surface area (Å²) < 4.78 is 29.4. The number of thioether (sulfide) groups is 1. The molecule has 1 N–H and O–H groups in total. The van der Waals surface area contributed by atoms with Crippen molar-refractivity contribution in [1.29, 1.82) is 0 Å². The molecule has 0 saturated heterocycles. The van der Waals surface area contributed by atoms with Crippen LogP contribution in [0.1, 0.15) is 26.7 Å². The van der Waals surface area contributed by atoms with Crippen molar-refractivity contribution >= 4 is 17.7 Å². The van der Waals surface area contributed by atoms with E-state index < -0.39 is 5.82 Å².